The zero-order chi connectivity index (χ0) is 14.9. The van der Waals surface area contributed by atoms with Crippen LogP contribution < -0.4 is 10.6 Å². The Morgan fingerprint density at radius 2 is 1.90 bits per heavy atom. The van der Waals surface area contributed by atoms with Crippen LogP contribution in [0.5, 0.6) is 0 Å². The lowest BCUT2D eigenvalue weighted by Gasteiger charge is -2.33. The molecule has 122 valence electrons. The number of guanidine groups is 1. The third-order valence-electron chi connectivity index (χ3n) is 4.85. The average Bonchev–Trinajstić information content (AvgIpc) is 2.98. The van der Waals surface area contributed by atoms with Gasteiger partial charge in [-0.05, 0) is 52.5 Å². The first-order valence-corrected chi connectivity index (χ1v) is 9.08. The maximum Gasteiger partial charge on any atom is 0.191 e. The van der Waals surface area contributed by atoms with Crippen LogP contribution in [-0.4, -0.2) is 49.1 Å². The Morgan fingerprint density at radius 1 is 1.14 bits per heavy atom. The summed E-state index contributed by atoms with van der Waals surface area (Å²) in [5.74, 6) is 1.02. The quantitative estimate of drug-likeness (QED) is 0.449. The standard InChI is InChI=1S/C17H34N4/c1-3-18-17(20-16-10-4-5-11-16)19-12-8-14-21-13-7-6-9-15(21)2/h15-16H,3-14H2,1-2H3,(H2,18,19,20). The predicted octanol–water partition coefficient (Wildman–Crippen LogP) is 2.75. The number of rotatable bonds is 6. The normalized spacial score (nSPS) is 25.2. The van der Waals surface area contributed by atoms with Crippen molar-refractivity contribution in [3.05, 3.63) is 0 Å². The molecule has 4 nitrogen and oxygen atoms in total. The van der Waals surface area contributed by atoms with Crippen molar-refractivity contribution in [2.45, 2.75) is 77.3 Å². The number of likely N-dealkylation sites (tertiary alicyclic amines) is 1. The number of aliphatic imine (C=N–C) groups is 1. The molecule has 2 N–H and O–H groups in total. The van der Waals surface area contributed by atoms with E-state index in [1.807, 2.05) is 0 Å². The third-order valence-corrected chi connectivity index (χ3v) is 4.85. The summed E-state index contributed by atoms with van der Waals surface area (Å²) in [6.45, 7) is 8.88. The molecule has 0 amide bonds. The van der Waals surface area contributed by atoms with Gasteiger partial charge < -0.3 is 15.5 Å². The molecule has 1 aliphatic heterocycles. The van der Waals surface area contributed by atoms with Gasteiger partial charge in [0.2, 0.25) is 0 Å². The van der Waals surface area contributed by atoms with Gasteiger partial charge in [-0.25, -0.2) is 0 Å². The maximum atomic E-state index is 4.75. The Bertz CT molecular complexity index is 310. The van der Waals surface area contributed by atoms with E-state index in [9.17, 15) is 0 Å². The number of hydrogen-bond donors (Lipinski definition) is 2. The first-order chi connectivity index (χ1) is 10.3. The van der Waals surface area contributed by atoms with Gasteiger partial charge in [-0.15, -0.1) is 0 Å². The van der Waals surface area contributed by atoms with Gasteiger partial charge in [0.05, 0.1) is 0 Å². The summed E-state index contributed by atoms with van der Waals surface area (Å²) >= 11 is 0. The van der Waals surface area contributed by atoms with Gasteiger partial charge in [-0.3, -0.25) is 4.99 Å². The summed E-state index contributed by atoms with van der Waals surface area (Å²) in [6, 6.07) is 1.41. The molecule has 1 saturated heterocycles. The van der Waals surface area contributed by atoms with Crippen LogP contribution in [0.15, 0.2) is 4.99 Å². The fourth-order valence-corrected chi connectivity index (χ4v) is 3.54. The minimum absolute atomic E-state index is 0.643. The smallest absolute Gasteiger partial charge is 0.191 e. The van der Waals surface area contributed by atoms with Crippen LogP contribution in [0.2, 0.25) is 0 Å². The van der Waals surface area contributed by atoms with Gasteiger partial charge in [-0.1, -0.05) is 19.3 Å². The molecular weight excluding hydrogens is 260 g/mol. The van der Waals surface area contributed by atoms with Crippen LogP contribution in [0.4, 0.5) is 0 Å². The van der Waals surface area contributed by atoms with Crippen molar-refractivity contribution in [1.82, 2.24) is 15.5 Å². The fraction of sp³-hybridized carbons (Fsp3) is 0.941. The van der Waals surface area contributed by atoms with Crippen molar-refractivity contribution in [2.24, 2.45) is 4.99 Å². The second-order valence-electron chi connectivity index (χ2n) is 6.62. The molecular formula is C17H34N4. The van der Waals surface area contributed by atoms with Gasteiger partial charge in [0.25, 0.3) is 0 Å². The summed E-state index contributed by atoms with van der Waals surface area (Å²) in [7, 11) is 0. The highest BCUT2D eigenvalue weighted by Crippen LogP contribution is 2.17. The number of piperidine rings is 1. The van der Waals surface area contributed by atoms with Crippen molar-refractivity contribution < 1.29 is 0 Å². The molecule has 1 heterocycles. The SMILES string of the molecule is CCNC(=NCCCN1CCCCC1C)NC1CCCC1. The Hall–Kier alpha value is -0.770. The van der Waals surface area contributed by atoms with Gasteiger partial charge in [0, 0.05) is 31.7 Å². The Morgan fingerprint density at radius 3 is 2.62 bits per heavy atom. The second kappa shape index (κ2) is 9.29. The fourth-order valence-electron chi connectivity index (χ4n) is 3.54. The van der Waals surface area contributed by atoms with Gasteiger partial charge >= 0.3 is 0 Å². The molecule has 0 aromatic rings. The van der Waals surface area contributed by atoms with E-state index >= 15 is 0 Å². The molecule has 0 bridgehead atoms. The lowest BCUT2D eigenvalue weighted by atomic mass is 10.0. The lowest BCUT2D eigenvalue weighted by Crippen LogP contribution is -2.42. The average molecular weight is 294 g/mol. The number of hydrogen-bond acceptors (Lipinski definition) is 2. The molecule has 2 rings (SSSR count). The molecule has 1 atom stereocenters. The summed E-state index contributed by atoms with van der Waals surface area (Å²) in [5.41, 5.74) is 0. The van der Waals surface area contributed by atoms with Crippen LogP contribution >= 0.6 is 0 Å². The summed E-state index contributed by atoms with van der Waals surface area (Å²) in [6.07, 6.45) is 10.7. The topological polar surface area (TPSA) is 39.7 Å². The molecule has 0 radical (unpaired) electrons. The Balaban J connectivity index is 1.68. The zero-order valence-electron chi connectivity index (χ0n) is 14.0. The van der Waals surface area contributed by atoms with Gasteiger partial charge in [0.15, 0.2) is 5.96 Å². The molecule has 2 aliphatic rings. The van der Waals surface area contributed by atoms with E-state index < -0.39 is 0 Å². The third kappa shape index (κ3) is 5.85. The highest BCUT2D eigenvalue weighted by atomic mass is 15.2. The number of nitrogens with one attached hydrogen (secondary N) is 2. The minimum atomic E-state index is 0.643. The molecule has 0 aromatic heterocycles. The van der Waals surface area contributed by atoms with E-state index in [-0.39, 0.29) is 0 Å². The lowest BCUT2D eigenvalue weighted by molar-refractivity contribution is 0.160. The van der Waals surface area contributed by atoms with E-state index in [0.717, 1.165) is 25.1 Å². The predicted molar refractivity (Wildman–Crippen MR) is 90.9 cm³/mol. The molecule has 4 heteroatoms. The molecule has 1 saturated carbocycles. The van der Waals surface area contributed by atoms with Crippen molar-refractivity contribution in [3.8, 4) is 0 Å². The van der Waals surface area contributed by atoms with Crippen LogP contribution in [0.1, 0.15) is 65.2 Å². The summed E-state index contributed by atoms with van der Waals surface area (Å²) < 4.78 is 0. The summed E-state index contributed by atoms with van der Waals surface area (Å²) in [4.78, 5) is 7.39. The molecule has 2 fully saturated rings. The van der Waals surface area contributed by atoms with E-state index in [1.165, 1.54) is 64.5 Å². The molecule has 1 unspecified atom stereocenters. The minimum Gasteiger partial charge on any atom is -0.357 e. The monoisotopic (exact) mass is 294 g/mol. The van der Waals surface area contributed by atoms with E-state index in [4.69, 9.17) is 4.99 Å². The van der Waals surface area contributed by atoms with Crippen LogP contribution in [0, 0.1) is 0 Å². The summed E-state index contributed by atoms with van der Waals surface area (Å²) in [5, 5.41) is 6.97. The Labute approximate surface area is 130 Å². The van der Waals surface area contributed by atoms with E-state index in [1.54, 1.807) is 0 Å². The van der Waals surface area contributed by atoms with E-state index in [0.29, 0.717) is 6.04 Å². The first kappa shape index (κ1) is 16.6. The van der Waals surface area contributed by atoms with Crippen LogP contribution in [-0.2, 0) is 0 Å². The van der Waals surface area contributed by atoms with Crippen LogP contribution in [0.3, 0.4) is 0 Å². The molecule has 0 spiro atoms. The second-order valence-corrected chi connectivity index (χ2v) is 6.62. The zero-order valence-corrected chi connectivity index (χ0v) is 14.0. The van der Waals surface area contributed by atoms with Crippen molar-refractivity contribution in [1.29, 1.82) is 0 Å². The Kier molecular flexibility index (Phi) is 7.34. The highest BCUT2D eigenvalue weighted by molar-refractivity contribution is 5.80. The maximum absolute atomic E-state index is 4.75. The van der Waals surface area contributed by atoms with E-state index in [2.05, 4.69) is 29.4 Å². The van der Waals surface area contributed by atoms with Gasteiger partial charge in [0.1, 0.15) is 0 Å². The molecule has 0 aromatic carbocycles. The number of nitrogens with zero attached hydrogens (tertiary/aromatic N) is 2. The molecule has 1 aliphatic carbocycles. The largest absolute Gasteiger partial charge is 0.357 e. The highest BCUT2D eigenvalue weighted by Gasteiger charge is 2.17. The van der Waals surface area contributed by atoms with Crippen molar-refractivity contribution >= 4 is 5.96 Å². The molecule has 21 heavy (non-hydrogen) atoms. The van der Waals surface area contributed by atoms with Crippen molar-refractivity contribution in [2.75, 3.05) is 26.2 Å². The van der Waals surface area contributed by atoms with Gasteiger partial charge in [-0.2, -0.15) is 0 Å². The first-order valence-electron chi connectivity index (χ1n) is 9.08. The van der Waals surface area contributed by atoms with Crippen molar-refractivity contribution in [3.63, 3.8) is 0 Å². The van der Waals surface area contributed by atoms with Crippen LogP contribution in [0.25, 0.3) is 0 Å².